The number of aryl methyl sites for hydroxylation is 1. The predicted octanol–water partition coefficient (Wildman–Crippen LogP) is 1.67. The molecule has 0 amide bonds. The van der Waals surface area contributed by atoms with Crippen LogP contribution in [0, 0.1) is 0 Å². The van der Waals surface area contributed by atoms with Crippen molar-refractivity contribution >= 4 is 5.69 Å². The molecule has 3 nitrogen and oxygen atoms in total. The highest BCUT2D eigenvalue weighted by molar-refractivity contribution is 5.53. The number of nitrogens with zero attached hydrogens (tertiary/aromatic N) is 1. The number of rotatable bonds is 4. The Bertz CT molecular complexity index is 348. The quantitative estimate of drug-likeness (QED) is 0.857. The lowest BCUT2D eigenvalue weighted by Crippen LogP contribution is -2.47. The first kappa shape index (κ1) is 12.4. The second-order valence-corrected chi connectivity index (χ2v) is 4.59. The number of hydrogen-bond acceptors (Lipinski definition) is 3. The molecule has 1 heterocycles. The van der Waals surface area contributed by atoms with Gasteiger partial charge in [0.2, 0.25) is 0 Å². The third-order valence-electron chi connectivity index (χ3n) is 3.28. The van der Waals surface area contributed by atoms with Gasteiger partial charge in [0.05, 0.1) is 13.2 Å². The summed E-state index contributed by atoms with van der Waals surface area (Å²) in [6.07, 6.45) is 1.08. The van der Waals surface area contributed by atoms with Crippen LogP contribution in [0.1, 0.15) is 12.5 Å². The normalized spacial score (nSPS) is 20.2. The Morgan fingerprint density at radius 2 is 2.24 bits per heavy atom. The van der Waals surface area contributed by atoms with Crippen molar-refractivity contribution in [3.05, 3.63) is 29.8 Å². The Morgan fingerprint density at radius 3 is 2.94 bits per heavy atom. The number of likely N-dealkylation sites (N-methyl/N-ethyl adjacent to an activating group) is 1. The molecule has 1 atom stereocenters. The molecule has 1 aliphatic rings. The Balaban J connectivity index is 2.00. The monoisotopic (exact) mass is 234 g/mol. The van der Waals surface area contributed by atoms with Gasteiger partial charge in [0.15, 0.2) is 0 Å². The van der Waals surface area contributed by atoms with E-state index in [0.29, 0.717) is 6.04 Å². The van der Waals surface area contributed by atoms with Gasteiger partial charge in [-0.15, -0.1) is 0 Å². The van der Waals surface area contributed by atoms with Gasteiger partial charge in [0.1, 0.15) is 0 Å². The first-order chi connectivity index (χ1) is 8.31. The molecule has 1 aliphatic heterocycles. The number of morpholine rings is 1. The summed E-state index contributed by atoms with van der Waals surface area (Å²) >= 11 is 0. The van der Waals surface area contributed by atoms with Gasteiger partial charge >= 0.3 is 0 Å². The van der Waals surface area contributed by atoms with Crippen LogP contribution in [0.3, 0.4) is 0 Å². The number of ether oxygens (including phenoxy) is 1. The van der Waals surface area contributed by atoms with E-state index in [1.165, 1.54) is 11.3 Å². The van der Waals surface area contributed by atoms with Crippen molar-refractivity contribution < 1.29 is 4.74 Å². The summed E-state index contributed by atoms with van der Waals surface area (Å²) in [7, 11) is 2.16. The summed E-state index contributed by atoms with van der Waals surface area (Å²) in [5.41, 5.74) is 2.74. The number of benzene rings is 1. The molecule has 3 heteroatoms. The van der Waals surface area contributed by atoms with Crippen molar-refractivity contribution in [1.82, 2.24) is 5.32 Å². The van der Waals surface area contributed by atoms with E-state index >= 15 is 0 Å². The molecule has 1 fully saturated rings. The second-order valence-electron chi connectivity index (χ2n) is 4.59. The zero-order valence-electron chi connectivity index (χ0n) is 10.8. The summed E-state index contributed by atoms with van der Waals surface area (Å²) in [5.74, 6) is 0. The molecule has 94 valence electrons. The van der Waals surface area contributed by atoms with Gasteiger partial charge in [-0.1, -0.05) is 25.1 Å². The molecule has 2 rings (SSSR count). The van der Waals surface area contributed by atoms with Crippen LogP contribution in [0.4, 0.5) is 5.69 Å². The van der Waals surface area contributed by atoms with Crippen molar-refractivity contribution in [3.8, 4) is 0 Å². The molecule has 0 saturated carbocycles. The lowest BCUT2D eigenvalue weighted by Gasteiger charge is -2.30. The summed E-state index contributed by atoms with van der Waals surface area (Å²) in [6, 6.07) is 9.06. The fourth-order valence-corrected chi connectivity index (χ4v) is 2.35. The van der Waals surface area contributed by atoms with E-state index in [4.69, 9.17) is 4.74 Å². The molecular formula is C14H22N2O. The van der Waals surface area contributed by atoms with E-state index < -0.39 is 0 Å². The minimum atomic E-state index is 0.443. The highest BCUT2D eigenvalue weighted by atomic mass is 16.5. The first-order valence-corrected chi connectivity index (χ1v) is 6.41. The van der Waals surface area contributed by atoms with Gasteiger partial charge in [0.25, 0.3) is 0 Å². The molecule has 0 bridgehead atoms. The molecule has 1 unspecified atom stereocenters. The molecule has 1 aromatic carbocycles. The van der Waals surface area contributed by atoms with E-state index in [1.807, 2.05) is 0 Å². The SMILES string of the molecule is CCc1ccccc1N(C)CC1COCCN1. The molecule has 1 aromatic rings. The van der Waals surface area contributed by atoms with Crippen molar-refractivity contribution in [3.63, 3.8) is 0 Å². The van der Waals surface area contributed by atoms with Crippen molar-refractivity contribution in [2.24, 2.45) is 0 Å². The summed E-state index contributed by atoms with van der Waals surface area (Å²) in [5, 5.41) is 3.49. The van der Waals surface area contributed by atoms with Crippen LogP contribution >= 0.6 is 0 Å². The predicted molar refractivity (Wildman–Crippen MR) is 71.7 cm³/mol. The molecule has 0 spiro atoms. The Kier molecular flexibility index (Phi) is 4.40. The maximum atomic E-state index is 5.49. The van der Waals surface area contributed by atoms with Gasteiger partial charge in [-0.3, -0.25) is 0 Å². The Morgan fingerprint density at radius 1 is 1.41 bits per heavy atom. The lowest BCUT2D eigenvalue weighted by molar-refractivity contribution is 0.0791. The van der Waals surface area contributed by atoms with E-state index in [2.05, 4.69) is 48.5 Å². The fourth-order valence-electron chi connectivity index (χ4n) is 2.35. The van der Waals surface area contributed by atoms with Crippen LogP contribution in [0.25, 0.3) is 0 Å². The average molecular weight is 234 g/mol. The van der Waals surface area contributed by atoms with Crippen LogP contribution < -0.4 is 10.2 Å². The van der Waals surface area contributed by atoms with E-state index in [9.17, 15) is 0 Å². The first-order valence-electron chi connectivity index (χ1n) is 6.41. The smallest absolute Gasteiger partial charge is 0.0637 e. The molecule has 0 aromatic heterocycles. The highest BCUT2D eigenvalue weighted by Gasteiger charge is 2.16. The second kappa shape index (κ2) is 6.03. The van der Waals surface area contributed by atoms with Gasteiger partial charge < -0.3 is 15.0 Å². The standard InChI is InChI=1S/C14H22N2O/c1-3-12-6-4-5-7-14(12)16(2)10-13-11-17-9-8-15-13/h4-7,13,15H,3,8-11H2,1-2H3. The number of hydrogen-bond donors (Lipinski definition) is 1. The molecular weight excluding hydrogens is 212 g/mol. The highest BCUT2D eigenvalue weighted by Crippen LogP contribution is 2.19. The molecule has 0 aliphatic carbocycles. The fraction of sp³-hybridized carbons (Fsp3) is 0.571. The largest absolute Gasteiger partial charge is 0.378 e. The number of anilines is 1. The minimum Gasteiger partial charge on any atom is -0.378 e. The van der Waals surface area contributed by atoms with Crippen molar-refractivity contribution in [2.45, 2.75) is 19.4 Å². The van der Waals surface area contributed by atoms with Crippen LogP contribution in [0.2, 0.25) is 0 Å². The summed E-state index contributed by atoms with van der Waals surface area (Å²) in [4.78, 5) is 2.32. The average Bonchev–Trinajstić information content (AvgIpc) is 2.40. The summed E-state index contributed by atoms with van der Waals surface area (Å²) < 4.78 is 5.49. The van der Waals surface area contributed by atoms with Crippen molar-refractivity contribution in [1.29, 1.82) is 0 Å². The third-order valence-corrected chi connectivity index (χ3v) is 3.28. The van der Waals surface area contributed by atoms with Crippen LogP contribution in [-0.4, -0.2) is 39.4 Å². The third kappa shape index (κ3) is 3.20. The number of para-hydroxylation sites is 1. The minimum absolute atomic E-state index is 0.443. The zero-order valence-corrected chi connectivity index (χ0v) is 10.8. The van der Waals surface area contributed by atoms with Crippen molar-refractivity contribution in [2.75, 3.05) is 38.3 Å². The van der Waals surface area contributed by atoms with Gasteiger partial charge in [-0.2, -0.15) is 0 Å². The van der Waals surface area contributed by atoms with E-state index in [-0.39, 0.29) is 0 Å². The maximum absolute atomic E-state index is 5.49. The van der Waals surface area contributed by atoms with Crippen LogP contribution in [0.5, 0.6) is 0 Å². The van der Waals surface area contributed by atoms with E-state index in [0.717, 1.165) is 32.7 Å². The Labute approximate surface area is 104 Å². The van der Waals surface area contributed by atoms with Gasteiger partial charge in [-0.05, 0) is 18.1 Å². The van der Waals surface area contributed by atoms with Gasteiger partial charge in [-0.25, -0.2) is 0 Å². The lowest BCUT2D eigenvalue weighted by atomic mass is 10.1. The molecule has 1 N–H and O–H groups in total. The Hall–Kier alpha value is -1.06. The molecule has 17 heavy (non-hydrogen) atoms. The molecule has 0 radical (unpaired) electrons. The van der Waals surface area contributed by atoms with Crippen LogP contribution in [0.15, 0.2) is 24.3 Å². The topological polar surface area (TPSA) is 24.5 Å². The molecule has 1 saturated heterocycles. The van der Waals surface area contributed by atoms with Gasteiger partial charge in [0, 0.05) is 31.9 Å². The number of nitrogens with one attached hydrogen (secondary N) is 1. The van der Waals surface area contributed by atoms with E-state index in [1.54, 1.807) is 0 Å². The summed E-state index contributed by atoms with van der Waals surface area (Å²) in [6.45, 7) is 5.82. The van der Waals surface area contributed by atoms with Crippen LogP contribution in [-0.2, 0) is 11.2 Å². The maximum Gasteiger partial charge on any atom is 0.0637 e. The zero-order chi connectivity index (χ0) is 12.1.